The maximum absolute atomic E-state index is 8.13. The van der Waals surface area contributed by atoms with Gasteiger partial charge in [-0.05, 0) is 14.1 Å². The van der Waals surface area contributed by atoms with Crippen molar-refractivity contribution in [1.82, 2.24) is 4.90 Å². The zero-order valence-electron chi connectivity index (χ0n) is 4.29. The average Bonchev–Trinajstić information content (AvgIpc) is 1.31. The summed E-state index contributed by atoms with van der Waals surface area (Å²) in [5.74, 6) is 0. The van der Waals surface area contributed by atoms with Crippen molar-refractivity contribution in [2.24, 2.45) is 0 Å². The minimum Gasteiger partial charge on any atom is -0.330 e. The molecule has 7 heavy (non-hydrogen) atoms. The second-order valence-corrected chi connectivity index (χ2v) is 1.49. The van der Waals surface area contributed by atoms with E-state index in [2.05, 4.69) is 0 Å². The predicted octanol–water partition coefficient (Wildman–Crippen LogP) is -1.86. The molecule has 0 spiro atoms. The second-order valence-electron chi connectivity index (χ2n) is 1.49. The lowest BCUT2D eigenvalue weighted by Crippen LogP contribution is -2.43. The van der Waals surface area contributed by atoms with Crippen LogP contribution in [0.2, 0.25) is 0 Å². The van der Waals surface area contributed by atoms with E-state index in [1.54, 1.807) is 0 Å². The molecule has 0 radical (unpaired) electrons. The van der Waals surface area contributed by atoms with Gasteiger partial charge in [-0.1, -0.05) is 0 Å². The molecule has 0 aromatic rings. The molecule has 0 saturated heterocycles. The molecule has 0 aliphatic heterocycles. The Balaban J connectivity index is 3.54. The van der Waals surface area contributed by atoms with Crippen LogP contribution >= 0.6 is 0 Å². The Hall–Kier alpha value is -0.160. The van der Waals surface area contributed by atoms with Gasteiger partial charge in [-0.2, -0.15) is 0 Å². The van der Waals surface area contributed by atoms with E-state index >= 15 is 0 Å². The molecule has 0 unspecified atom stereocenters. The van der Waals surface area contributed by atoms with Crippen LogP contribution in [0.3, 0.4) is 0 Å². The fourth-order valence-corrected chi connectivity index (χ4v) is 0. The van der Waals surface area contributed by atoms with Crippen molar-refractivity contribution in [2.45, 2.75) is 6.10 Å². The van der Waals surface area contributed by atoms with Gasteiger partial charge in [-0.25, -0.2) is 4.90 Å². The average molecular weight is 107 g/mol. The van der Waals surface area contributed by atoms with E-state index < -0.39 is 6.10 Å². The largest absolute Gasteiger partial charge is 0.345 e. The first-order valence-electron chi connectivity index (χ1n) is 1.79. The fraction of sp³-hybridized carbons (Fsp3) is 1.00. The molecule has 0 rings (SSSR count). The summed E-state index contributed by atoms with van der Waals surface area (Å²) >= 11 is 0. The number of aliphatic hydroxyl groups is 3. The summed E-state index contributed by atoms with van der Waals surface area (Å²) in [5.41, 5.74) is 0. The molecule has 4 nitrogen and oxygen atoms in total. The van der Waals surface area contributed by atoms with Crippen LogP contribution in [0.5, 0.6) is 0 Å². The molecule has 0 aliphatic carbocycles. The van der Waals surface area contributed by atoms with Gasteiger partial charge < -0.3 is 15.3 Å². The molecule has 0 aromatic heterocycles. The number of hydrogen-bond donors (Lipinski definition) is 3. The van der Waals surface area contributed by atoms with Crippen molar-refractivity contribution in [2.75, 3.05) is 14.1 Å². The molecule has 4 heteroatoms. The molecular formula is C3H9NO3. The Bertz CT molecular complexity index is 55.7. The SMILES string of the molecule is CN(C)C(O)(O)O. The lowest BCUT2D eigenvalue weighted by atomic mass is 10.8. The monoisotopic (exact) mass is 107 g/mol. The summed E-state index contributed by atoms with van der Waals surface area (Å²) < 4.78 is 0. The lowest BCUT2D eigenvalue weighted by molar-refractivity contribution is -0.382. The molecule has 44 valence electrons. The van der Waals surface area contributed by atoms with Gasteiger partial charge in [0.1, 0.15) is 0 Å². The van der Waals surface area contributed by atoms with E-state index in [0.29, 0.717) is 0 Å². The van der Waals surface area contributed by atoms with Crippen molar-refractivity contribution < 1.29 is 15.3 Å². The Morgan fingerprint density at radius 3 is 1.29 bits per heavy atom. The summed E-state index contributed by atoms with van der Waals surface area (Å²) in [6.45, 7) is 0. The molecule has 0 saturated carbocycles. The van der Waals surface area contributed by atoms with Crippen LogP contribution in [0.25, 0.3) is 0 Å². The first-order valence-corrected chi connectivity index (χ1v) is 1.79. The van der Waals surface area contributed by atoms with Crippen molar-refractivity contribution >= 4 is 0 Å². The second kappa shape index (κ2) is 1.75. The Morgan fingerprint density at radius 2 is 1.29 bits per heavy atom. The number of rotatable bonds is 1. The molecule has 0 fully saturated rings. The van der Waals surface area contributed by atoms with Gasteiger partial charge in [0.2, 0.25) is 0 Å². The zero-order chi connectivity index (χ0) is 6.08. The third kappa shape index (κ3) is 2.52. The van der Waals surface area contributed by atoms with E-state index in [4.69, 9.17) is 15.3 Å². The van der Waals surface area contributed by atoms with Crippen molar-refractivity contribution in [3.8, 4) is 0 Å². The van der Waals surface area contributed by atoms with Crippen LogP contribution < -0.4 is 0 Å². The summed E-state index contributed by atoms with van der Waals surface area (Å²) in [4.78, 5) is 0.854. The summed E-state index contributed by atoms with van der Waals surface area (Å²) in [6.07, 6.45) is -2.67. The quantitative estimate of drug-likeness (QED) is 0.344. The van der Waals surface area contributed by atoms with Crippen LogP contribution in [0.4, 0.5) is 0 Å². The van der Waals surface area contributed by atoms with Crippen molar-refractivity contribution in [3.05, 3.63) is 0 Å². The molecule has 3 N–H and O–H groups in total. The minimum atomic E-state index is -2.67. The molecule has 0 aliphatic rings. The predicted molar refractivity (Wildman–Crippen MR) is 23.1 cm³/mol. The van der Waals surface area contributed by atoms with Crippen LogP contribution in [0, 0.1) is 0 Å². The van der Waals surface area contributed by atoms with E-state index in [9.17, 15) is 0 Å². The van der Waals surface area contributed by atoms with Gasteiger partial charge >= 0.3 is 6.10 Å². The van der Waals surface area contributed by atoms with E-state index in [1.165, 1.54) is 14.1 Å². The third-order valence-electron chi connectivity index (χ3n) is 0.600. The molecular weight excluding hydrogens is 98.0 g/mol. The molecule has 0 amide bonds. The molecule has 0 bridgehead atoms. The highest BCUT2D eigenvalue weighted by atomic mass is 16.7. The fourth-order valence-electron chi connectivity index (χ4n) is 0. The van der Waals surface area contributed by atoms with E-state index in [-0.39, 0.29) is 0 Å². The van der Waals surface area contributed by atoms with Crippen LogP contribution in [0.1, 0.15) is 0 Å². The van der Waals surface area contributed by atoms with Gasteiger partial charge in [-0.3, -0.25) is 0 Å². The van der Waals surface area contributed by atoms with Gasteiger partial charge in [0, 0.05) is 0 Å². The molecule has 0 heterocycles. The standard InChI is InChI=1S/C3H9NO3/c1-4(2)3(5,6)7/h5-7H,1-2H3. The van der Waals surface area contributed by atoms with E-state index in [0.717, 1.165) is 4.90 Å². The Labute approximate surface area is 41.6 Å². The van der Waals surface area contributed by atoms with Crippen molar-refractivity contribution in [1.29, 1.82) is 0 Å². The van der Waals surface area contributed by atoms with Crippen LogP contribution in [-0.2, 0) is 0 Å². The summed E-state index contributed by atoms with van der Waals surface area (Å²) in [7, 11) is 2.67. The maximum atomic E-state index is 8.13. The topological polar surface area (TPSA) is 63.9 Å². The number of hydrogen-bond acceptors (Lipinski definition) is 4. The third-order valence-corrected chi connectivity index (χ3v) is 0.600. The van der Waals surface area contributed by atoms with Crippen LogP contribution in [0.15, 0.2) is 0 Å². The highest BCUT2D eigenvalue weighted by molar-refractivity contribution is 4.36. The maximum Gasteiger partial charge on any atom is 0.345 e. The summed E-state index contributed by atoms with van der Waals surface area (Å²) in [5, 5.41) is 24.4. The van der Waals surface area contributed by atoms with Gasteiger partial charge in [0.25, 0.3) is 0 Å². The van der Waals surface area contributed by atoms with Gasteiger partial charge in [0.15, 0.2) is 0 Å². The highest BCUT2D eigenvalue weighted by Crippen LogP contribution is 1.92. The van der Waals surface area contributed by atoms with Gasteiger partial charge in [0.05, 0.1) is 0 Å². The first-order chi connectivity index (χ1) is 2.94. The van der Waals surface area contributed by atoms with Crippen LogP contribution in [-0.4, -0.2) is 40.4 Å². The normalized spacial score (nSPS) is 12.9. The lowest BCUT2D eigenvalue weighted by Gasteiger charge is -2.20. The Kier molecular flexibility index (Phi) is 1.71. The number of nitrogens with zero attached hydrogens (tertiary/aromatic N) is 1. The highest BCUT2D eigenvalue weighted by Gasteiger charge is 2.20. The van der Waals surface area contributed by atoms with Crippen molar-refractivity contribution in [3.63, 3.8) is 0 Å². The first kappa shape index (κ1) is 6.84. The summed E-state index contributed by atoms with van der Waals surface area (Å²) in [6, 6.07) is 0. The van der Waals surface area contributed by atoms with Gasteiger partial charge in [-0.15, -0.1) is 0 Å². The smallest absolute Gasteiger partial charge is 0.330 e. The van der Waals surface area contributed by atoms with E-state index in [1.807, 2.05) is 0 Å². The zero-order valence-corrected chi connectivity index (χ0v) is 4.29. The minimum absolute atomic E-state index is 0.854. The molecule has 0 aromatic carbocycles. The molecule has 0 atom stereocenters. The Morgan fingerprint density at radius 1 is 1.14 bits per heavy atom.